The summed E-state index contributed by atoms with van der Waals surface area (Å²) >= 11 is 0. The molecule has 3 amide bonds. The van der Waals surface area contributed by atoms with Crippen LogP contribution < -0.4 is 10.2 Å². The van der Waals surface area contributed by atoms with Crippen LogP contribution in [0.15, 0.2) is 72.8 Å². The van der Waals surface area contributed by atoms with Crippen molar-refractivity contribution in [2.45, 2.75) is 25.3 Å². The SMILES string of the molecule is O=C(N[C@H]1CCCc2ccccc21)c1cccc(N2C(=O)c3ccccc3C2=O)c1. The Morgan fingerprint density at radius 2 is 1.57 bits per heavy atom. The second-order valence-electron chi connectivity index (χ2n) is 7.66. The normalized spacial score (nSPS) is 17.5. The second kappa shape index (κ2) is 7.26. The number of hydrogen-bond acceptors (Lipinski definition) is 3. The van der Waals surface area contributed by atoms with Crippen LogP contribution in [-0.4, -0.2) is 17.7 Å². The summed E-state index contributed by atoms with van der Waals surface area (Å²) < 4.78 is 0. The molecule has 148 valence electrons. The minimum Gasteiger partial charge on any atom is -0.345 e. The average Bonchev–Trinajstić information content (AvgIpc) is 3.04. The average molecular weight is 396 g/mol. The van der Waals surface area contributed by atoms with Gasteiger partial charge < -0.3 is 5.32 Å². The molecule has 2 aliphatic rings. The number of rotatable bonds is 3. The van der Waals surface area contributed by atoms with Gasteiger partial charge in [-0.3, -0.25) is 14.4 Å². The molecule has 1 atom stereocenters. The van der Waals surface area contributed by atoms with Crippen LogP contribution in [0.1, 0.15) is 61.1 Å². The molecule has 0 saturated heterocycles. The molecule has 0 aromatic heterocycles. The van der Waals surface area contributed by atoms with Crippen LogP contribution in [0.3, 0.4) is 0 Å². The predicted molar refractivity (Wildman–Crippen MR) is 114 cm³/mol. The lowest BCUT2D eigenvalue weighted by Gasteiger charge is -2.26. The zero-order valence-corrected chi connectivity index (χ0v) is 16.3. The lowest BCUT2D eigenvalue weighted by Crippen LogP contribution is -2.32. The van der Waals surface area contributed by atoms with Crippen molar-refractivity contribution in [3.63, 3.8) is 0 Å². The van der Waals surface area contributed by atoms with Gasteiger partial charge in [-0.15, -0.1) is 0 Å². The number of aryl methyl sites for hydroxylation is 1. The first kappa shape index (κ1) is 18.3. The number of imide groups is 1. The van der Waals surface area contributed by atoms with Crippen molar-refractivity contribution in [1.82, 2.24) is 5.32 Å². The molecule has 5 nitrogen and oxygen atoms in total. The van der Waals surface area contributed by atoms with Gasteiger partial charge in [-0.05, 0) is 60.7 Å². The van der Waals surface area contributed by atoms with Gasteiger partial charge in [0.15, 0.2) is 0 Å². The molecular formula is C25H20N2O3. The lowest BCUT2D eigenvalue weighted by molar-refractivity contribution is 0.0914. The summed E-state index contributed by atoms with van der Waals surface area (Å²) in [6, 6.07) is 21.6. The molecule has 30 heavy (non-hydrogen) atoms. The molecule has 0 fully saturated rings. The van der Waals surface area contributed by atoms with E-state index in [4.69, 9.17) is 0 Å². The number of benzene rings is 3. The van der Waals surface area contributed by atoms with E-state index in [1.807, 2.05) is 12.1 Å². The Morgan fingerprint density at radius 1 is 0.867 bits per heavy atom. The van der Waals surface area contributed by atoms with E-state index in [9.17, 15) is 14.4 Å². The minimum absolute atomic E-state index is 0.0367. The molecule has 1 heterocycles. The number of hydrogen-bond donors (Lipinski definition) is 1. The molecule has 0 radical (unpaired) electrons. The number of nitrogens with one attached hydrogen (secondary N) is 1. The van der Waals surface area contributed by atoms with E-state index < -0.39 is 0 Å². The summed E-state index contributed by atoms with van der Waals surface area (Å²) in [7, 11) is 0. The number of amides is 3. The topological polar surface area (TPSA) is 66.5 Å². The van der Waals surface area contributed by atoms with Gasteiger partial charge in [-0.25, -0.2) is 4.90 Å². The van der Waals surface area contributed by atoms with E-state index in [2.05, 4.69) is 17.4 Å². The van der Waals surface area contributed by atoms with Crippen LogP contribution in [-0.2, 0) is 6.42 Å². The molecular weight excluding hydrogens is 376 g/mol. The molecule has 3 aromatic carbocycles. The molecule has 0 bridgehead atoms. The first-order valence-corrected chi connectivity index (χ1v) is 10.1. The smallest absolute Gasteiger partial charge is 0.266 e. The number of fused-ring (bicyclic) bond motifs is 2. The zero-order valence-electron chi connectivity index (χ0n) is 16.3. The van der Waals surface area contributed by atoms with Gasteiger partial charge in [-0.1, -0.05) is 42.5 Å². The molecule has 0 saturated carbocycles. The fourth-order valence-corrected chi connectivity index (χ4v) is 4.36. The molecule has 0 spiro atoms. The first-order valence-electron chi connectivity index (χ1n) is 10.1. The molecule has 1 aliphatic carbocycles. The Morgan fingerprint density at radius 3 is 2.33 bits per heavy atom. The van der Waals surface area contributed by atoms with Crippen molar-refractivity contribution in [2.75, 3.05) is 4.90 Å². The highest BCUT2D eigenvalue weighted by atomic mass is 16.2. The molecule has 5 heteroatoms. The van der Waals surface area contributed by atoms with E-state index in [1.165, 1.54) is 5.56 Å². The fraction of sp³-hybridized carbons (Fsp3) is 0.160. The molecule has 1 aliphatic heterocycles. The fourth-order valence-electron chi connectivity index (χ4n) is 4.36. The Balaban J connectivity index is 1.41. The number of carbonyl (C=O) groups is 3. The van der Waals surface area contributed by atoms with Crippen molar-refractivity contribution in [3.05, 3.63) is 101 Å². The van der Waals surface area contributed by atoms with Gasteiger partial charge in [-0.2, -0.15) is 0 Å². The highest BCUT2D eigenvalue weighted by molar-refractivity contribution is 6.34. The van der Waals surface area contributed by atoms with Crippen LogP contribution in [0.25, 0.3) is 0 Å². The van der Waals surface area contributed by atoms with Crippen LogP contribution >= 0.6 is 0 Å². The van der Waals surface area contributed by atoms with Crippen LogP contribution in [0.5, 0.6) is 0 Å². The summed E-state index contributed by atoms with van der Waals surface area (Å²) in [4.78, 5) is 39.6. The number of anilines is 1. The third-order valence-electron chi connectivity index (χ3n) is 5.84. The lowest BCUT2D eigenvalue weighted by atomic mass is 9.87. The summed E-state index contributed by atoms with van der Waals surface area (Å²) in [5, 5.41) is 3.12. The summed E-state index contributed by atoms with van der Waals surface area (Å²) in [5.41, 5.74) is 4.03. The second-order valence-corrected chi connectivity index (χ2v) is 7.66. The highest BCUT2D eigenvalue weighted by Crippen LogP contribution is 2.31. The maximum Gasteiger partial charge on any atom is 0.266 e. The zero-order chi connectivity index (χ0) is 20.7. The van der Waals surface area contributed by atoms with E-state index in [0.717, 1.165) is 29.7 Å². The Labute approximate surface area is 174 Å². The Bertz CT molecular complexity index is 1150. The summed E-state index contributed by atoms with van der Waals surface area (Å²) in [6.45, 7) is 0. The van der Waals surface area contributed by atoms with Crippen molar-refractivity contribution < 1.29 is 14.4 Å². The van der Waals surface area contributed by atoms with Gasteiger partial charge in [0.1, 0.15) is 0 Å². The first-order chi connectivity index (χ1) is 14.6. The predicted octanol–water partition coefficient (Wildman–Crippen LogP) is 4.29. The summed E-state index contributed by atoms with van der Waals surface area (Å²) in [5.74, 6) is -0.945. The van der Waals surface area contributed by atoms with Gasteiger partial charge in [0.2, 0.25) is 0 Å². The van der Waals surface area contributed by atoms with E-state index in [-0.39, 0.29) is 23.8 Å². The number of carbonyl (C=O) groups excluding carboxylic acids is 3. The largest absolute Gasteiger partial charge is 0.345 e. The van der Waals surface area contributed by atoms with Crippen LogP contribution in [0.4, 0.5) is 5.69 Å². The quantitative estimate of drug-likeness (QED) is 0.672. The molecule has 1 N–H and O–H groups in total. The molecule has 5 rings (SSSR count). The Hall–Kier alpha value is -3.73. The third kappa shape index (κ3) is 2.99. The van der Waals surface area contributed by atoms with Gasteiger partial charge in [0, 0.05) is 5.56 Å². The maximum atomic E-state index is 13.0. The van der Waals surface area contributed by atoms with Crippen molar-refractivity contribution in [3.8, 4) is 0 Å². The minimum atomic E-state index is -0.366. The van der Waals surface area contributed by atoms with Gasteiger partial charge in [0.25, 0.3) is 17.7 Å². The van der Waals surface area contributed by atoms with Gasteiger partial charge >= 0.3 is 0 Å². The standard InChI is InChI=1S/C25H20N2O3/c28-23(26-22-14-6-8-16-7-1-2-11-19(16)22)17-9-5-10-18(15-17)27-24(29)20-12-3-4-13-21(20)25(27)30/h1-5,7,9-13,15,22H,6,8,14H2,(H,26,28)/t22-/m0/s1. The van der Waals surface area contributed by atoms with E-state index in [0.29, 0.717) is 22.4 Å². The van der Waals surface area contributed by atoms with Crippen LogP contribution in [0.2, 0.25) is 0 Å². The van der Waals surface area contributed by atoms with E-state index in [1.54, 1.807) is 48.5 Å². The summed E-state index contributed by atoms with van der Waals surface area (Å²) in [6.07, 6.45) is 2.94. The Kier molecular flexibility index (Phi) is 4.43. The van der Waals surface area contributed by atoms with Crippen molar-refractivity contribution >= 4 is 23.4 Å². The third-order valence-corrected chi connectivity index (χ3v) is 5.84. The van der Waals surface area contributed by atoms with Crippen molar-refractivity contribution in [1.29, 1.82) is 0 Å². The van der Waals surface area contributed by atoms with Crippen LogP contribution in [0, 0.1) is 0 Å². The van der Waals surface area contributed by atoms with Gasteiger partial charge in [0.05, 0.1) is 22.9 Å². The number of nitrogens with zero attached hydrogens (tertiary/aromatic N) is 1. The molecule has 0 unspecified atom stereocenters. The van der Waals surface area contributed by atoms with Crippen molar-refractivity contribution in [2.24, 2.45) is 0 Å². The van der Waals surface area contributed by atoms with E-state index >= 15 is 0 Å². The maximum absolute atomic E-state index is 13.0. The monoisotopic (exact) mass is 396 g/mol. The molecule has 3 aromatic rings. The highest BCUT2D eigenvalue weighted by Gasteiger charge is 2.36.